The average molecular weight is 277 g/mol. The summed E-state index contributed by atoms with van der Waals surface area (Å²) in [6.07, 6.45) is 2.24. The average Bonchev–Trinajstić information content (AvgIpc) is 2.84. The van der Waals surface area contributed by atoms with Crippen LogP contribution in [0.5, 0.6) is 0 Å². The number of benzene rings is 1. The number of esters is 1. The largest absolute Gasteiger partial charge is 0.465 e. The fourth-order valence-electron chi connectivity index (χ4n) is 2.90. The van der Waals surface area contributed by atoms with Gasteiger partial charge in [0.25, 0.3) is 0 Å². The third-order valence-electron chi connectivity index (χ3n) is 3.71. The first-order valence-electron chi connectivity index (χ1n) is 6.92. The van der Waals surface area contributed by atoms with Gasteiger partial charge in [0.1, 0.15) is 0 Å². The number of carbonyl (C=O) groups is 1. The third kappa shape index (κ3) is 2.88. The lowest BCUT2D eigenvalue weighted by Crippen LogP contribution is -2.38. The van der Waals surface area contributed by atoms with Crippen molar-refractivity contribution in [2.75, 3.05) is 44.9 Å². The lowest BCUT2D eigenvalue weighted by Gasteiger charge is -2.31. The number of ether oxygens (including phenoxy) is 1. The number of rotatable bonds is 4. The molecule has 0 radical (unpaired) electrons. The first-order valence-corrected chi connectivity index (χ1v) is 6.92. The van der Waals surface area contributed by atoms with E-state index in [-0.39, 0.29) is 5.97 Å². The van der Waals surface area contributed by atoms with E-state index in [9.17, 15) is 4.79 Å². The maximum atomic E-state index is 12.0. The Morgan fingerprint density at radius 1 is 1.50 bits per heavy atom. The predicted octanol–water partition coefficient (Wildman–Crippen LogP) is 1.59. The number of nitrogens with two attached hydrogens (primary N) is 1. The highest BCUT2D eigenvalue weighted by atomic mass is 16.5. The molecule has 5 heteroatoms. The van der Waals surface area contributed by atoms with Crippen LogP contribution in [0.4, 0.5) is 11.4 Å². The topological polar surface area (TPSA) is 58.8 Å². The SMILES string of the molecule is COC(=O)c1cccc(N)c1N1CCCC1CN(C)C. The zero-order valence-corrected chi connectivity index (χ0v) is 12.4. The standard InChI is InChI=1S/C15H23N3O2/c1-17(2)10-11-6-5-9-18(11)14-12(15(19)20-3)7-4-8-13(14)16/h4,7-8,11H,5-6,9-10,16H2,1-3H3. The van der Waals surface area contributed by atoms with Crippen molar-refractivity contribution in [2.24, 2.45) is 0 Å². The van der Waals surface area contributed by atoms with Gasteiger partial charge >= 0.3 is 5.97 Å². The number of likely N-dealkylation sites (N-methyl/N-ethyl adjacent to an activating group) is 1. The summed E-state index contributed by atoms with van der Waals surface area (Å²) in [5.74, 6) is -0.331. The Bertz CT molecular complexity index is 488. The van der Waals surface area contributed by atoms with E-state index in [1.807, 2.05) is 6.07 Å². The second-order valence-electron chi connectivity index (χ2n) is 5.49. The normalized spacial score (nSPS) is 18.6. The predicted molar refractivity (Wildman–Crippen MR) is 81.1 cm³/mol. The molecule has 2 N–H and O–H groups in total. The molecule has 1 fully saturated rings. The summed E-state index contributed by atoms with van der Waals surface area (Å²) in [6, 6.07) is 5.80. The van der Waals surface area contributed by atoms with Crippen molar-refractivity contribution in [3.63, 3.8) is 0 Å². The number of hydrogen-bond donors (Lipinski definition) is 1. The highest BCUT2D eigenvalue weighted by molar-refractivity contribution is 5.99. The molecule has 0 saturated carbocycles. The Hall–Kier alpha value is -1.75. The second kappa shape index (κ2) is 6.13. The van der Waals surface area contributed by atoms with Crippen LogP contribution >= 0.6 is 0 Å². The van der Waals surface area contributed by atoms with E-state index in [0.717, 1.165) is 31.6 Å². The van der Waals surface area contributed by atoms with E-state index < -0.39 is 0 Å². The number of anilines is 2. The Labute approximate surface area is 120 Å². The number of carbonyl (C=O) groups excluding carboxylic acids is 1. The summed E-state index contributed by atoms with van der Waals surface area (Å²) in [5, 5.41) is 0. The van der Waals surface area contributed by atoms with Crippen LogP contribution < -0.4 is 10.6 Å². The Morgan fingerprint density at radius 3 is 2.90 bits per heavy atom. The molecule has 2 rings (SSSR count). The second-order valence-corrected chi connectivity index (χ2v) is 5.49. The molecule has 1 aromatic rings. The van der Waals surface area contributed by atoms with Crippen molar-refractivity contribution in [3.05, 3.63) is 23.8 Å². The van der Waals surface area contributed by atoms with E-state index in [2.05, 4.69) is 23.9 Å². The molecule has 0 aliphatic carbocycles. The van der Waals surface area contributed by atoms with Gasteiger partial charge in [-0.25, -0.2) is 4.79 Å². The van der Waals surface area contributed by atoms with Gasteiger partial charge in [-0.05, 0) is 39.1 Å². The zero-order chi connectivity index (χ0) is 14.7. The molecule has 1 aliphatic heterocycles. The van der Waals surface area contributed by atoms with Crippen LogP contribution in [0.15, 0.2) is 18.2 Å². The van der Waals surface area contributed by atoms with E-state index in [4.69, 9.17) is 10.5 Å². The quantitative estimate of drug-likeness (QED) is 0.669. The van der Waals surface area contributed by atoms with Crippen molar-refractivity contribution in [2.45, 2.75) is 18.9 Å². The van der Waals surface area contributed by atoms with Crippen LogP contribution in [0, 0.1) is 0 Å². The fourth-order valence-corrected chi connectivity index (χ4v) is 2.90. The summed E-state index contributed by atoms with van der Waals surface area (Å²) in [4.78, 5) is 16.4. The third-order valence-corrected chi connectivity index (χ3v) is 3.71. The molecule has 1 saturated heterocycles. The molecule has 0 spiro atoms. The van der Waals surface area contributed by atoms with Crippen molar-refractivity contribution < 1.29 is 9.53 Å². The van der Waals surface area contributed by atoms with Crippen LogP contribution in [0.1, 0.15) is 23.2 Å². The number of para-hydroxylation sites is 1. The molecule has 1 aromatic carbocycles. The summed E-state index contributed by atoms with van der Waals surface area (Å²) in [7, 11) is 5.52. The van der Waals surface area contributed by atoms with E-state index >= 15 is 0 Å². The minimum absolute atomic E-state index is 0.331. The Morgan fingerprint density at radius 2 is 2.25 bits per heavy atom. The van der Waals surface area contributed by atoms with E-state index in [1.165, 1.54) is 7.11 Å². The highest BCUT2D eigenvalue weighted by Gasteiger charge is 2.29. The minimum Gasteiger partial charge on any atom is -0.465 e. The molecule has 110 valence electrons. The number of hydrogen-bond acceptors (Lipinski definition) is 5. The van der Waals surface area contributed by atoms with Crippen LogP contribution in [-0.2, 0) is 4.74 Å². The maximum absolute atomic E-state index is 12.0. The molecular formula is C15H23N3O2. The molecule has 1 unspecified atom stereocenters. The van der Waals surface area contributed by atoms with Gasteiger partial charge in [0.2, 0.25) is 0 Å². The monoisotopic (exact) mass is 277 g/mol. The minimum atomic E-state index is -0.331. The van der Waals surface area contributed by atoms with Crippen molar-refractivity contribution in [1.82, 2.24) is 4.90 Å². The summed E-state index contributed by atoms with van der Waals surface area (Å²) in [6.45, 7) is 1.88. The Balaban J connectivity index is 2.38. The molecule has 1 atom stereocenters. The van der Waals surface area contributed by atoms with Crippen molar-refractivity contribution in [3.8, 4) is 0 Å². The van der Waals surface area contributed by atoms with Gasteiger partial charge in [-0.2, -0.15) is 0 Å². The van der Waals surface area contributed by atoms with E-state index in [0.29, 0.717) is 17.3 Å². The smallest absolute Gasteiger partial charge is 0.340 e. The lowest BCUT2D eigenvalue weighted by atomic mass is 10.1. The van der Waals surface area contributed by atoms with Gasteiger partial charge in [-0.15, -0.1) is 0 Å². The van der Waals surface area contributed by atoms with Gasteiger partial charge in [0.05, 0.1) is 24.0 Å². The van der Waals surface area contributed by atoms with Crippen LogP contribution in [-0.4, -0.2) is 51.2 Å². The van der Waals surface area contributed by atoms with Gasteiger partial charge in [0.15, 0.2) is 0 Å². The highest BCUT2D eigenvalue weighted by Crippen LogP contribution is 2.34. The first-order chi connectivity index (χ1) is 9.54. The fraction of sp³-hybridized carbons (Fsp3) is 0.533. The summed E-state index contributed by atoms with van der Waals surface area (Å²) < 4.78 is 4.88. The molecule has 20 heavy (non-hydrogen) atoms. The molecule has 1 aliphatic rings. The first kappa shape index (κ1) is 14.7. The molecule has 0 amide bonds. The van der Waals surface area contributed by atoms with Crippen molar-refractivity contribution in [1.29, 1.82) is 0 Å². The van der Waals surface area contributed by atoms with Gasteiger partial charge in [-0.1, -0.05) is 6.07 Å². The molecule has 0 bridgehead atoms. The van der Waals surface area contributed by atoms with Crippen molar-refractivity contribution >= 4 is 17.3 Å². The zero-order valence-electron chi connectivity index (χ0n) is 12.4. The number of nitrogens with zero attached hydrogens (tertiary/aromatic N) is 2. The van der Waals surface area contributed by atoms with Crippen LogP contribution in [0.25, 0.3) is 0 Å². The maximum Gasteiger partial charge on any atom is 0.340 e. The van der Waals surface area contributed by atoms with Crippen LogP contribution in [0.3, 0.4) is 0 Å². The number of nitrogen functional groups attached to an aromatic ring is 1. The van der Waals surface area contributed by atoms with E-state index in [1.54, 1.807) is 12.1 Å². The number of methoxy groups -OCH3 is 1. The summed E-state index contributed by atoms with van der Waals surface area (Å²) in [5.41, 5.74) is 8.14. The van der Waals surface area contributed by atoms with Gasteiger partial charge in [0, 0.05) is 19.1 Å². The van der Waals surface area contributed by atoms with Crippen LogP contribution in [0.2, 0.25) is 0 Å². The molecule has 0 aromatic heterocycles. The molecule has 1 heterocycles. The molecule has 5 nitrogen and oxygen atoms in total. The van der Waals surface area contributed by atoms with Gasteiger partial charge in [-0.3, -0.25) is 0 Å². The molecular weight excluding hydrogens is 254 g/mol. The summed E-state index contributed by atoms with van der Waals surface area (Å²) >= 11 is 0. The lowest BCUT2D eigenvalue weighted by molar-refractivity contribution is 0.0601. The Kier molecular flexibility index (Phi) is 4.49. The van der Waals surface area contributed by atoms with Gasteiger partial charge < -0.3 is 20.3 Å².